The molecule has 0 radical (unpaired) electrons. The van der Waals surface area contributed by atoms with Crippen LogP contribution in [0.15, 0.2) is 48.7 Å². The largest absolute Gasteiger partial charge is 0.490 e. The second-order valence-corrected chi connectivity index (χ2v) is 10.8. The molecule has 0 unspecified atom stereocenters. The van der Waals surface area contributed by atoms with E-state index in [1.165, 1.54) is 6.07 Å². The Kier molecular flexibility index (Phi) is 10.4. The van der Waals surface area contributed by atoms with Crippen molar-refractivity contribution in [2.24, 2.45) is 7.05 Å². The Hall–Kier alpha value is -4.12. The number of rotatable bonds is 10. The van der Waals surface area contributed by atoms with Gasteiger partial charge in [-0.3, -0.25) is 9.59 Å². The van der Waals surface area contributed by atoms with Crippen molar-refractivity contribution in [2.75, 3.05) is 0 Å². The number of aryl methyl sites for hydroxylation is 1. The van der Waals surface area contributed by atoms with Gasteiger partial charge in [-0.1, -0.05) is 52.5 Å². The van der Waals surface area contributed by atoms with Crippen LogP contribution >= 0.6 is 0 Å². The molecule has 1 heterocycles. The molecule has 39 heavy (non-hydrogen) atoms. The summed E-state index contributed by atoms with van der Waals surface area (Å²) in [5.41, 5.74) is 3.36. The number of ether oxygens (including phenoxy) is 1. The van der Waals surface area contributed by atoms with E-state index in [0.717, 1.165) is 22.6 Å². The summed E-state index contributed by atoms with van der Waals surface area (Å²) in [6.07, 6.45) is 2.58. The SMILES string of the molecule is C.CC(C)Oc1ccc(C(=O)N[C@H](CCC(=O)O)Cc2ccc(-c3cn(C)c(C(C)(C)C)n3)cc2)cc1C#N. The number of hydrogen-bond donors (Lipinski definition) is 2. The fourth-order valence-corrected chi connectivity index (χ4v) is 4.31. The predicted octanol–water partition coefficient (Wildman–Crippen LogP) is 5.89. The third-order valence-electron chi connectivity index (χ3n) is 6.05. The van der Waals surface area contributed by atoms with Crippen LogP contribution in [-0.4, -0.2) is 38.7 Å². The van der Waals surface area contributed by atoms with E-state index in [4.69, 9.17) is 9.72 Å². The summed E-state index contributed by atoms with van der Waals surface area (Å²) in [7, 11) is 1.99. The van der Waals surface area contributed by atoms with Crippen LogP contribution in [0.1, 0.15) is 82.2 Å². The number of aromatic nitrogens is 2. The number of imidazole rings is 1. The molecule has 1 amide bonds. The Morgan fingerprint density at radius 3 is 2.36 bits per heavy atom. The third kappa shape index (κ3) is 8.44. The van der Waals surface area contributed by atoms with E-state index in [9.17, 15) is 20.0 Å². The molecule has 1 atom stereocenters. The van der Waals surface area contributed by atoms with Gasteiger partial charge in [0.25, 0.3) is 5.91 Å². The van der Waals surface area contributed by atoms with Gasteiger partial charge in [-0.2, -0.15) is 5.26 Å². The van der Waals surface area contributed by atoms with E-state index in [2.05, 4.69) is 32.2 Å². The maximum atomic E-state index is 13.0. The Morgan fingerprint density at radius 2 is 1.82 bits per heavy atom. The van der Waals surface area contributed by atoms with Crippen molar-refractivity contribution in [2.45, 2.75) is 78.9 Å². The standard InChI is InChI=1S/C30H36N4O4.CH4/c1-19(2)38-26-13-11-22(16-23(26)17-31)28(37)32-24(12-14-27(35)36)15-20-7-9-21(10-8-20)25-18-34(6)29(33-25)30(3,4)5;/h7-11,13,16,18-19,24H,12,14-15H2,1-6H3,(H,32,37)(H,35,36);1H4/t24-;/m1./s1. The van der Waals surface area contributed by atoms with Gasteiger partial charge in [-0.15, -0.1) is 0 Å². The van der Waals surface area contributed by atoms with Crippen LogP contribution in [0.5, 0.6) is 5.75 Å². The lowest BCUT2D eigenvalue weighted by Gasteiger charge is -2.19. The number of benzene rings is 2. The highest BCUT2D eigenvalue weighted by atomic mass is 16.5. The molecule has 0 saturated carbocycles. The van der Waals surface area contributed by atoms with Crippen molar-refractivity contribution in [3.8, 4) is 23.1 Å². The van der Waals surface area contributed by atoms with Gasteiger partial charge < -0.3 is 19.7 Å². The topological polar surface area (TPSA) is 117 Å². The summed E-state index contributed by atoms with van der Waals surface area (Å²) in [5, 5.41) is 21.7. The fourth-order valence-electron chi connectivity index (χ4n) is 4.31. The van der Waals surface area contributed by atoms with E-state index < -0.39 is 12.0 Å². The molecule has 0 aliphatic carbocycles. The molecule has 0 aliphatic heterocycles. The number of amides is 1. The van der Waals surface area contributed by atoms with E-state index in [1.807, 2.05) is 55.9 Å². The van der Waals surface area contributed by atoms with Gasteiger partial charge in [0, 0.05) is 42.2 Å². The van der Waals surface area contributed by atoms with Crippen molar-refractivity contribution in [3.05, 3.63) is 71.2 Å². The molecule has 0 fully saturated rings. The van der Waals surface area contributed by atoms with Crippen LogP contribution in [0.3, 0.4) is 0 Å². The summed E-state index contributed by atoms with van der Waals surface area (Å²) in [5.74, 6) is 0.125. The third-order valence-corrected chi connectivity index (χ3v) is 6.05. The van der Waals surface area contributed by atoms with Crippen LogP contribution in [0.25, 0.3) is 11.3 Å². The number of hydrogen-bond acceptors (Lipinski definition) is 5. The molecule has 0 saturated heterocycles. The second-order valence-electron chi connectivity index (χ2n) is 10.8. The van der Waals surface area contributed by atoms with Crippen LogP contribution in [0, 0.1) is 11.3 Å². The van der Waals surface area contributed by atoms with Crippen LogP contribution < -0.4 is 10.1 Å². The zero-order chi connectivity index (χ0) is 28.0. The molecule has 8 nitrogen and oxygen atoms in total. The summed E-state index contributed by atoms with van der Waals surface area (Å²) in [4.78, 5) is 29.1. The Balaban J connectivity index is 0.00000533. The number of carboxylic acid groups (broad SMARTS) is 1. The van der Waals surface area contributed by atoms with Gasteiger partial charge in [0.2, 0.25) is 0 Å². The number of nitrogens with one attached hydrogen (secondary N) is 1. The molecule has 1 aromatic heterocycles. The number of nitrogens with zero attached hydrogens (tertiary/aromatic N) is 3. The summed E-state index contributed by atoms with van der Waals surface area (Å²) in [6, 6.07) is 14.3. The minimum absolute atomic E-state index is 0. The lowest BCUT2D eigenvalue weighted by molar-refractivity contribution is -0.137. The summed E-state index contributed by atoms with van der Waals surface area (Å²) >= 11 is 0. The number of aliphatic carboxylic acids is 1. The lowest BCUT2D eigenvalue weighted by atomic mass is 9.96. The highest BCUT2D eigenvalue weighted by Crippen LogP contribution is 2.26. The average molecular weight is 533 g/mol. The first-order valence-corrected chi connectivity index (χ1v) is 12.7. The van der Waals surface area contributed by atoms with Gasteiger partial charge in [-0.05, 0) is 50.5 Å². The second kappa shape index (κ2) is 13.1. The van der Waals surface area contributed by atoms with Gasteiger partial charge in [0.05, 0.1) is 17.4 Å². The first-order chi connectivity index (χ1) is 17.9. The molecule has 0 spiro atoms. The molecule has 2 N–H and O–H groups in total. The normalized spacial score (nSPS) is 11.8. The Morgan fingerprint density at radius 1 is 1.15 bits per heavy atom. The van der Waals surface area contributed by atoms with Crippen molar-refractivity contribution < 1.29 is 19.4 Å². The smallest absolute Gasteiger partial charge is 0.303 e. The molecule has 208 valence electrons. The van der Waals surface area contributed by atoms with E-state index in [1.54, 1.807) is 12.1 Å². The monoisotopic (exact) mass is 532 g/mol. The number of carboxylic acids is 1. The van der Waals surface area contributed by atoms with Gasteiger partial charge >= 0.3 is 5.97 Å². The van der Waals surface area contributed by atoms with Crippen LogP contribution in [0.2, 0.25) is 0 Å². The minimum atomic E-state index is -0.925. The zero-order valence-corrected chi connectivity index (χ0v) is 22.9. The van der Waals surface area contributed by atoms with Gasteiger partial charge in [-0.25, -0.2) is 4.98 Å². The lowest BCUT2D eigenvalue weighted by Crippen LogP contribution is -2.37. The fraction of sp³-hybridized carbons (Fsp3) is 0.419. The molecular weight excluding hydrogens is 492 g/mol. The van der Waals surface area contributed by atoms with Gasteiger partial charge in [0.1, 0.15) is 17.6 Å². The molecule has 8 heteroatoms. The maximum absolute atomic E-state index is 13.0. The molecular formula is C31H40N4O4. The molecule has 3 rings (SSSR count). The van der Waals surface area contributed by atoms with E-state index in [0.29, 0.717) is 17.7 Å². The molecule has 0 bridgehead atoms. The van der Waals surface area contributed by atoms with E-state index in [-0.39, 0.29) is 43.3 Å². The Labute approximate surface area is 231 Å². The van der Waals surface area contributed by atoms with Crippen molar-refractivity contribution in [1.29, 1.82) is 5.26 Å². The van der Waals surface area contributed by atoms with Crippen LogP contribution in [0.4, 0.5) is 0 Å². The van der Waals surface area contributed by atoms with Crippen molar-refractivity contribution >= 4 is 11.9 Å². The van der Waals surface area contributed by atoms with Crippen molar-refractivity contribution in [1.82, 2.24) is 14.9 Å². The quantitative estimate of drug-likeness (QED) is 0.336. The molecule has 3 aromatic rings. The first kappa shape index (κ1) is 31.1. The van der Waals surface area contributed by atoms with Crippen molar-refractivity contribution in [3.63, 3.8) is 0 Å². The van der Waals surface area contributed by atoms with Crippen LogP contribution in [-0.2, 0) is 23.7 Å². The maximum Gasteiger partial charge on any atom is 0.303 e. The summed E-state index contributed by atoms with van der Waals surface area (Å²) < 4.78 is 7.68. The highest BCUT2D eigenvalue weighted by molar-refractivity contribution is 5.95. The number of carbonyl (C=O) groups excluding carboxylic acids is 1. The molecule has 0 aliphatic rings. The minimum Gasteiger partial charge on any atom is -0.490 e. The average Bonchev–Trinajstić information content (AvgIpc) is 3.25. The number of carbonyl (C=O) groups is 2. The van der Waals surface area contributed by atoms with E-state index >= 15 is 0 Å². The summed E-state index contributed by atoms with van der Waals surface area (Å²) in [6.45, 7) is 10.1. The number of nitriles is 1. The zero-order valence-electron chi connectivity index (χ0n) is 22.9. The Bertz CT molecular complexity index is 1330. The molecule has 2 aromatic carbocycles. The first-order valence-electron chi connectivity index (χ1n) is 12.7. The van der Waals surface area contributed by atoms with Gasteiger partial charge in [0.15, 0.2) is 0 Å². The highest BCUT2D eigenvalue weighted by Gasteiger charge is 2.21. The predicted molar refractivity (Wildman–Crippen MR) is 153 cm³/mol.